The van der Waals surface area contributed by atoms with Gasteiger partial charge in [-0.25, -0.2) is 4.98 Å². The molecule has 0 spiro atoms. The van der Waals surface area contributed by atoms with Gasteiger partial charge in [0.15, 0.2) is 17.4 Å². The molecule has 0 unspecified atom stereocenters. The topological polar surface area (TPSA) is 138 Å². The zero-order valence-corrected chi connectivity index (χ0v) is 23.0. The highest BCUT2D eigenvalue weighted by Gasteiger charge is 2.28. The van der Waals surface area contributed by atoms with Gasteiger partial charge in [0, 0.05) is 49.1 Å². The van der Waals surface area contributed by atoms with Crippen LogP contribution in [0, 0.1) is 12.8 Å². The van der Waals surface area contributed by atoms with Gasteiger partial charge in [0.05, 0.1) is 30.3 Å². The Labute approximate surface area is 232 Å². The average molecular weight is 552 g/mol. The number of aromatic nitrogens is 3. The first kappa shape index (κ1) is 28.3. The fraction of sp³-hybridized carbons (Fsp3) is 0.393. The SMILES string of the molecule is COc1cc2nc(C)ccc2cc1-c1cnc(CCCCCCC(=O)c2ccon2)o1.NC(=O)C1CN(S)C1. The monoisotopic (exact) mass is 551 g/mol. The van der Waals surface area contributed by atoms with Gasteiger partial charge in [0.25, 0.3) is 0 Å². The van der Waals surface area contributed by atoms with Crippen LogP contribution in [0.2, 0.25) is 0 Å². The molecule has 0 radical (unpaired) electrons. The zero-order chi connectivity index (χ0) is 27.8. The number of rotatable bonds is 11. The van der Waals surface area contributed by atoms with Crippen LogP contribution in [0.3, 0.4) is 0 Å². The van der Waals surface area contributed by atoms with E-state index in [0.29, 0.717) is 42.6 Å². The van der Waals surface area contributed by atoms with E-state index in [4.69, 9.17) is 19.4 Å². The molecular weight excluding hydrogens is 518 g/mol. The number of hydrogen-bond donors (Lipinski definition) is 2. The largest absolute Gasteiger partial charge is 0.496 e. The third-order valence-electron chi connectivity index (χ3n) is 6.50. The van der Waals surface area contributed by atoms with Crippen molar-refractivity contribution in [3.63, 3.8) is 0 Å². The summed E-state index contributed by atoms with van der Waals surface area (Å²) < 4.78 is 18.0. The molecule has 1 aromatic carbocycles. The summed E-state index contributed by atoms with van der Waals surface area (Å²) in [6.07, 6.45) is 8.19. The van der Waals surface area contributed by atoms with Crippen LogP contribution in [0.25, 0.3) is 22.2 Å². The summed E-state index contributed by atoms with van der Waals surface area (Å²) in [5.74, 6) is 1.97. The first-order valence-corrected chi connectivity index (χ1v) is 13.3. The Morgan fingerprint density at radius 1 is 1.15 bits per heavy atom. The molecule has 0 saturated carbocycles. The number of unbranched alkanes of at least 4 members (excludes halogenated alkanes) is 3. The van der Waals surface area contributed by atoms with E-state index in [0.717, 1.165) is 54.3 Å². The molecular formula is C28H33N5O5S. The third-order valence-corrected chi connectivity index (χ3v) is 6.83. The van der Waals surface area contributed by atoms with Crippen LogP contribution in [-0.4, -0.2) is 51.3 Å². The van der Waals surface area contributed by atoms with E-state index < -0.39 is 0 Å². The van der Waals surface area contributed by atoms with E-state index in [1.165, 1.54) is 6.26 Å². The maximum Gasteiger partial charge on any atom is 0.223 e. The van der Waals surface area contributed by atoms with Crippen molar-refractivity contribution in [2.24, 2.45) is 11.7 Å². The van der Waals surface area contributed by atoms with Crippen LogP contribution in [-0.2, 0) is 11.2 Å². The number of ketones is 1. The predicted molar refractivity (Wildman–Crippen MR) is 149 cm³/mol. The number of primary amides is 1. The van der Waals surface area contributed by atoms with Gasteiger partial charge in [-0.15, -0.1) is 0 Å². The molecule has 5 rings (SSSR count). The van der Waals surface area contributed by atoms with E-state index in [1.807, 2.05) is 31.2 Å². The number of hydrogen-bond acceptors (Lipinski definition) is 10. The molecule has 4 heterocycles. The number of thiol groups is 1. The Morgan fingerprint density at radius 3 is 2.62 bits per heavy atom. The minimum absolute atomic E-state index is 0.0285. The fourth-order valence-corrected chi connectivity index (χ4v) is 4.59. The summed E-state index contributed by atoms with van der Waals surface area (Å²) >= 11 is 3.96. The molecule has 0 atom stereocenters. The lowest BCUT2D eigenvalue weighted by atomic mass is 10.0. The second-order valence-corrected chi connectivity index (χ2v) is 10.1. The number of oxazole rings is 1. The molecule has 1 saturated heterocycles. The highest BCUT2D eigenvalue weighted by Crippen LogP contribution is 2.34. The Hall–Kier alpha value is -3.70. The van der Waals surface area contributed by atoms with Gasteiger partial charge < -0.3 is 19.4 Å². The number of carbonyl (C=O) groups excluding carboxylic acids is 2. The number of benzene rings is 1. The number of carbonyl (C=O) groups is 2. The van der Waals surface area contributed by atoms with Crippen molar-refractivity contribution in [2.75, 3.05) is 20.2 Å². The van der Waals surface area contributed by atoms with Crippen molar-refractivity contribution in [1.82, 2.24) is 19.4 Å². The van der Waals surface area contributed by atoms with Crippen LogP contribution >= 0.6 is 12.8 Å². The normalized spacial score (nSPS) is 13.5. The average Bonchev–Trinajstić information content (AvgIpc) is 3.61. The summed E-state index contributed by atoms with van der Waals surface area (Å²) in [6, 6.07) is 9.59. The molecule has 0 bridgehead atoms. The van der Waals surface area contributed by atoms with Gasteiger partial charge >= 0.3 is 0 Å². The van der Waals surface area contributed by atoms with Crippen molar-refractivity contribution in [3.8, 4) is 17.1 Å². The van der Waals surface area contributed by atoms with Gasteiger partial charge in [-0.3, -0.25) is 18.9 Å². The molecule has 1 aliphatic rings. The van der Waals surface area contributed by atoms with Crippen LogP contribution in [0.15, 0.2) is 51.7 Å². The van der Waals surface area contributed by atoms with E-state index in [1.54, 1.807) is 23.7 Å². The zero-order valence-electron chi connectivity index (χ0n) is 22.1. The summed E-state index contributed by atoms with van der Waals surface area (Å²) in [5.41, 5.74) is 8.09. The summed E-state index contributed by atoms with van der Waals surface area (Å²) in [7, 11) is 1.64. The highest BCUT2D eigenvalue weighted by atomic mass is 32.1. The quantitative estimate of drug-likeness (QED) is 0.153. The number of ether oxygens (including phenoxy) is 1. The van der Waals surface area contributed by atoms with Crippen molar-refractivity contribution in [3.05, 3.63) is 60.1 Å². The number of pyridine rings is 1. The van der Waals surface area contributed by atoms with Crippen molar-refractivity contribution < 1.29 is 23.3 Å². The first-order valence-electron chi connectivity index (χ1n) is 12.9. The Morgan fingerprint density at radius 2 is 1.95 bits per heavy atom. The molecule has 1 fully saturated rings. The number of nitrogens with two attached hydrogens (primary N) is 1. The van der Waals surface area contributed by atoms with Gasteiger partial charge in [-0.05, 0) is 31.9 Å². The molecule has 39 heavy (non-hydrogen) atoms. The molecule has 3 aromatic heterocycles. The van der Waals surface area contributed by atoms with Crippen LogP contribution in [0.4, 0.5) is 0 Å². The highest BCUT2D eigenvalue weighted by molar-refractivity contribution is 7.77. The standard InChI is InChI=1S/C24H25N3O4.C4H8N2OS/c1-16-9-10-17-13-18(22(29-2)14-20(17)26-16)23-15-25-24(31-23)8-6-4-3-5-7-21(28)19-11-12-30-27-19;5-4(7)3-1-6(8)2-3/h9-15H,3-8H2,1-2H3;3,8H,1-2H2,(H2,5,7). The lowest BCUT2D eigenvalue weighted by Crippen LogP contribution is -2.47. The van der Waals surface area contributed by atoms with Crippen LogP contribution in [0.1, 0.15) is 54.2 Å². The second-order valence-electron chi connectivity index (χ2n) is 9.51. The molecule has 2 N–H and O–H groups in total. The van der Waals surface area contributed by atoms with Crippen LogP contribution in [0.5, 0.6) is 5.75 Å². The number of amides is 1. The fourth-order valence-electron chi connectivity index (χ4n) is 4.20. The van der Waals surface area contributed by atoms with Gasteiger partial charge in [-0.2, -0.15) is 0 Å². The second kappa shape index (κ2) is 13.4. The number of Topliss-reactive ketones (excluding diaryl/α,β-unsaturated/α-hetero) is 1. The maximum absolute atomic E-state index is 11.9. The minimum Gasteiger partial charge on any atom is -0.496 e. The Bertz CT molecular complexity index is 1400. The van der Waals surface area contributed by atoms with E-state index >= 15 is 0 Å². The van der Waals surface area contributed by atoms with Gasteiger partial charge in [0.1, 0.15) is 17.7 Å². The number of fused-ring (bicyclic) bond motifs is 1. The molecule has 0 aliphatic carbocycles. The number of nitrogens with zero attached hydrogens (tertiary/aromatic N) is 4. The van der Waals surface area contributed by atoms with E-state index in [-0.39, 0.29) is 17.6 Å². The van der Waals surface area contributed by atoms with Crippen molar-refractivity contribution in [2.45, 2.75) is 45.4 Å². The number of aryl methyl sites for hydroxylation is 2. The Kier molecular flexibility index (Phi) is 9.72. The summed E-state index contributed by atoms with van der Waals surface area (Å²) in [5, 5.41) is 4.70. The molecule has 10 nitrogen and oxygen atoms in total. The summed E-state index contributed by atoms with van der Waals surface area (Å²) in [4.78, 5) is 31.2. The maximum atomic E-state index is 11.9. The van der Waals surface area contributed by atoms with Gasteiger partial charge in [-0.1, -0.05) is 36.9 Å². The third kappa shape index (κ3) is 7.67. The van der Waals surface area contributed by atoms with E-state index in [9.17, 15) is 9.59 Å². The van der Waals surface area contributed by atoms with Crippen molar-refractivity contribution >= 4 is 35.4 Å². The lowest BCUT2D eigenvalue weighted by Gasteiger charge is -2.32. The van der Waals surface area contributed by atoms with E-state index in [2.05, 4.69) is 27.9 Å². The Balaban J connectivity index is 0.000000379. The predicted octanol–water partition coefficient (Wildman–Crippen LogP) is 4.82. The minimum atomic E-state index is -0.213. The molecule has 11 heteroatoms. The molecule has 4 aromatic rings. The number of methoxy groups -OCH3 is 1. The first-order chi connectivity index (χ1) is 18.8. The molecule has 1 aliphatic heterocycles. The smallest absolute Gasteiger partial charge is 0.223 e. The lowest BCUT2D eigenvalue weighted by molar-refractivity contribution is -0.124. The summed E-state index contributed by atoms with van der Waals surface area (Å²) in [6.45, 7) is 3.38. The molecule has 206 valence electrons. The van der Waals surface area contributed by atoms with Gasteiger partial charge in [0.2, 0.25) is 5.91 Å². The van der Waals surface area contributed by atoms with Crippen LogP contribution < -0.4 is 10.5 Å². The van der Waals surface area contributed by atoms with Crippen molar-refractivity contribution in [1.29, 1.82) is 0 Å². The molecule has 1 amide bonds.